The number of hydrogen-bond donors (Lipinski definition) is 4. The van der Waals surface area contributed by atoms with Crippen molar-refractivity contribution < 1.29 is 4.74 Å². The van der Waals surface area contributed by atoms with Gasteiger partial charge < -0.3 is 15.4 Å². The van der Waals surface area contributed by atoms with Crippen molar-refractivity contribution >= 4 is 46.0 Å². The number of rotatable bonds is 6. The summed E-state index contributed by atoms with van der Waals surface area (Å²) in [4.78, 5) is 0. The molecule has 26 heavy (non-hydrogen) atoms. The molecule has 0 bridgehead atoms. The molecule has 138 valence electrons. The normalized spacial score (nSPS) is 9.92. The Bertz CT molecular complexity index is 735. The highest BCUT2D eigenvalue weighted by Crippen LogP contribution is 2.22. The zero-order valence-electron chi connectivity index (χ0n) is 15.0. The summed E-state index contributed by atoms with van der Waals surface area (Å²) >= 11 is 10.5. The van der Waals surface area contributed by atoms with Crippen LogP contribution < -0.4 is 26.2 Å². The maximum atomic E-state index is 5.28. The fourth-order valence-corrected chi connectivity index (χ4v) is 2.64. The second-order valence-electron chi connectivity index (χ2n) is 5.66. The molecule has 0 atom stereocenters. The molecule has 0 radical (unpaired) electrons. The molecule has 2 aromatic carbocycles. The Hall–Kier alpha value is -2.38. The number of hydrazine groups is 1. The van der Waals surface area contributed by atoms with Gasteiger partial charge in [-0.2, -0.15) is 0 Å². The molecule has 0 aromatic heterocycles. The number of ether oxygens (including phenoxy) is 1. The average molecular weight is 389 g/mol. The number of benzene rings is 2. The first-order valence-corrected chi connectivity index (χ1v) is 9.30. The van der Waals surface area contributed by atoms with Crippen LogP contribution in [0.5, 0.6) is 5.75 Å². The Morgan fingerprint density at radius 1 is 0.923 bits per heavy atom. The molecule has 0 aliphatic heterocycles. The molecular formula is C19H24N4OS2. The van der Waals surface area contributed by atoms with E-state index in [2.05, 4.69) is 40.5 Å². The smallest absolute Gasteiger partial charge is 0.189 e. The van der Waals surface area contributed by atoms with Crippen LogP contribution in [0.1, 0.15) is 25.3 Å². The van der Waals surface area contributed by atoms with Crippen LogP contribution in [0.25, 0.3) is 0 Å². The summed E-state index contributed by atoms with van der Waals surface area (Å²) in [5.41, 5.74) is 8.74. The van der Waals surface area contributed by atoms with Crippen LogP contribution in [0.15, 0.2) is 48.5 Å². The molecular weight excluding hydrogens is 364 g/mol. The van der Waals surface area contributed by atoms with E-state index in [1.807, 2.05) is 36.4 Å². The van der Waals surface area contributed by atoms with Crippen LogP contribution in [-0.2, 0) is 6.42 Å². The average Bonchev–Trinajstić information content (AvgIpc) is 2.66. The van der Waals surface area contributed by atoms with Gasteiger partial charge in [0.2, 0.25) is 0 Å². The van der Waals surface area contributed by atoms with E-state index in [4.69, 9.17) is 29.2 Å². The topological polar surface area (TPSA) is 57.3 Å². The molecule has 0 heterocycles. The van der Waals surface area contributed by atoms with Crippen LogP contribution in [0.3, 0.4) is 0 Å². The summed E-state index contributed by atoms with van der Waals surface area (Å²) in [7, 11) is 1.61. The molecule has 2 rings (SSSR count). The van der Waals surface area contributed by atoms with Crippen molar-refractivity contribution in [3.63, 3.8) is 0 Å². The minimum absolute atomic E-state index is 0.383. The third-order valence-electron chi connectivity index (χ3n) is 3.68. The van der Waals surface area contributed by atoms with E-state index in [1.165, 1.54) is 18.4 Å². The van der Waals surface area contributed by atoms with E-state index >= 15 is 0 Å². The molecule has 0 aliphatic rings. The lowest BCUT2D eigenvalue weighted by Crippen LogP contribution is -2.45. The molecule has 0 saturated carbocycles. The highest BCUT2D eigenvalue weighted by Gasteiger charge is 2.04. The van der Waals surface area contributed by atoms with E-state index in [0.717, 1.165) is 17.8 Å². The van der Waals surface area contributed by atoms with Crippen LogP contribution in [0.2, 0.25) is 0 Å². The van der Waals surface area contributed by atoms with Crippen molar-refractivity contribution in [3.8, 4) is 5.75 Å². The zero-order valence-corrected chi connectivity index (χ0v) is 16.6. The number of hydrogen-bond acceptors (Lipinski definition) is 3. The third-order valence-corrected chi connectivity index (χ3v) is 4.08. The lowest BCUT2D eigenvalue weighted by atomic mass is 10.1. The minimum atomic E-state index is 0.383. The van der Waals surface area contributed by atoms with Gasteiger partial charge in [0.25, 0.3) is 0 Å². The van der Waals surface area contributed by atoms with E-state index in [-0.39, 0.29) is 0 Å². The second kappa shape index (κ2) is 10.6. The van der Waals surface area contributed by atoms with Crippen molar-refractivity contribution in [1.82, 2.24) is 10.9 Å². The first kappa shape index (κ1) is 19.9. The molecule has 0 aliphatic carbocycles. The maximum Gasteiger partial charge on any atom is 0.189 e. The monoisotopic (exact) mass is 388 g/mol. The van der Waals surface area contributed by atoms with Crippen LogP contribution in [-0.4, -0.2) is 17.3 Å². The van der Waals surface area contributed by atoms with Gasteiger partial charge in [-0.25, -0.2) is 0 Å². The Morgan fingerprint density at radius 2 is 1.58 bits per heavy atom. The van der Waals surface area contributed by atoms with Crippen LogP contribution in [0.4, 0.5) is 11.4 Å². The van der Waals surface area contributed by atoms with Crippen molar-refractivity contribution in [3.05, 3.63) is 54.1 Å². The summed E-state index contributed by atoms with van der Waals surface area (Å²) in [5.74, 6) is 0.709. The quantitative estimate of drug-likeness (QED) is 0.436. The van der Waals surface area contributed by atoms with Gasteiger partial charge in [0.15, 0.2) is 10.2 Å². The van der Waals surface area contributed by atoms with E-state index in [0.29, 0.717) is 16.0 Å². The molecule has 0 amide bonds. The maximum absolute atomic E-state index is 5.28. The molecule has 5 nitrogen and oxygen atoms in total. The summed E-state index contributed by atoms with van der Waals surface area (Å²) in [6.07, 6.45) is 3.50. The largest absolute Gasteiger partial charge is 0.495 e. The summed E-state index contributed by atoms with van der Waals surface area (Å²) in [5, 5.41) is 6.98. The molecule has 0 spiro atoms. The molecule has 2 aromatic rings. The summed E-state index contributed by atoms with van der Waals surface area (Å²) in [6.45, 7) is 2.19. The Morgan fingerprint density at radius 3 is 2.23 bits per heavy atom. The van der Waals surface area contributed by atoms with Gasteiger partial charge in [-0.05, 0) is 67.1 Å². The Kier molecular flexibility index (Phi) is 8.11. The number of methoxy groups -OCH3 is 1. The standard InChI is InChI=1S/C19H24N4OS2/c1-3-4-7-14-10-12-15(13-11-14)20-18(25)22-23-19(26)21-16-8-5-6-9-17(16)24-2/h5-6,8-13H,3-4,7H2,1-2H3,(H2,20,22,25)(H2,21,23,26). The predicted molar refractivity (Wildman–Crippen MR) is 117 cm³/mol. The van der Waals surface area contributed by atoms with Crippen molar-refractivity contribution in [2.75, 3.05) is 17.7 Å². The number of unbranched alkanes of at least 4 members (excludes halogenated alkanes) is 1. The predicted octanol–water partition coefficient (Wildman–Crippen LogP) is 4.23. The van der Waals surface area contributed by atoms with Crippen molar-refractivity contribution in [1.29, 1.82) is 0 Å². The van der Waals surface area contributed by atoms with E-state index < -0.39 is 0 Å². The lowest BCUT2D eigenvalue weighted by molar-refractivity contribution is 0.417. The van der Waals surface area contributed by atoms with Gasteiger partial charge in [-0.15, -0.1) is 0 Å². The molecule has 4 N–H and O–H groups in total. The third kappa shape index (κ3) is 6.50. The van der Waals surface area contributed by atoms with Gasteiger partial charge >= 0.3 is 0 Å². The van der Waals surface area contributed by atoms with Crippen molar-refractivity contribution in [2.45, 2.75) is 26.2 Å². The lowest BCUT2D eigenvalue weighted by Gasteiger charge is -2.15. The van der Waals surface area contributed by atoms with Gasteiger partial charge in [0, 0.05) is 5.69 Å². The minimum Gasteiger partial charge on any atom is -0.495 e. The second-order valence-corrected chi connectivity index (χ2v) is 6.48. The van der Waals surface area contributed by atoms with Gasteiger partial charge in [0.1, 0.15) is 5.75 Å². The SMILES string of the molecule is CCCCc1ccc(NC(=S)NNC(=S)Nc2ccccc2OC)cc1. The summed E-state index contributed by atoms with van der Waals surface area (Å²) < 4.78 is 5.28. The summed E-state index contributed by atoms with van der Waals surface area (Å²) in [6, 6.07) is 15.8. The van der Waals surface area contributed by atoms with Crippen LogP contribution >= 0.6 is 24.4 Å². The van der Waals surface area contributed by atoms with Crippen LogP contribution in [0, 0.1) is 0 Å². The van der Waals surface area contributed by atoms with Gasteiger partial charge in [0.05, 0.1) is 12.8 Å². The number of anilines is 2. The van der Waals surface area contributed by atoms with Gasteiger partial charge in [-0.1, -0.05) is 37.6 Å². The molecule has 7 heteroatoms. The number of thiocarbonyl (C=S) groups is 2. The first-order valence-electron chi connectivity index (χ1n) is 8.48. The Labute approximate surface area is 165 Å². The Balaban J connectivity index is 1.78. The number of para-hydroxylation sites is 2. The van der Waals surface area contributed by atoms with Gasteiger partial charge in [-0.3, -0.25) is 10.9 Å². The highest BCUT2D eigenvalue weighted by molar-refractivity contribution is 7.81. The fourth-order valence-electron chi connectivity index (χ4n) is 2.31. The van der Waals surface area contributed by atoms with Crippen molar-refractivity contribution in [2.24, 2.45) is 0 Å². The van der Waals surface area contributed by atoms with E-state index in [1.54, 1.807) is 7.11 Å². The first-order chi connectivity index (χ1) is 12.6. The molecule has 0 saturated heterocycles. The molecule has 0 fully saturated rings. The highest BCUT2D eigenvalue weighted by atomic mass is 32.1. The molecule has 0 unspecified atom stereocenters. The number of aryl methyl sites for hydroxylation is 1. The fraction of sp³-hybridized carbons (Fsp3) is 0.263. The zero-order chi connectivity index (χ0) is 18.8. The van der Waals surface area contributed by atoms with E-state index in [9.17, 15) is 0 Å². The number of nitrogens with one attached hydrogen (secondary N) is 4.